The molecule has 1 atom stereocenters. The number of ether oxygens (including phenoxy) is 3. The fourth-order valence-corrected chi connectivity index (χ4v) is 2.85. The van der Waals surface area contributed by atoms with Gasteiger partial charge in [0.05, 0.1) is 32.4 Å². The van der Waals surface area contributed by atoms with Crippen molar-refractivity contribution in [3.05, 3.63) is 22.1 Å². The first-order chi connectivity index (χ1) is 10.5. The molecule has 0 saturated heterocycles. The Kier molecular flexibility index (Phi) is 4.05. The first kappa shape index (κ1) is 15.8. The van der Waals surface area contributed by atoms with Crippen molar-refractivity contribution in [3.63, 3.8) is 0 Å². The number of hydrogen-bond acceptors (Lipinski definition) is 5. The summed E-state index contributed by atoms with van der Waals surface area (Å²) in [6.07, 6.45) is 0. The quantitative estimate of drug-likeness (QED) is 0.473. The summed E-state index contributed by atoms with van der Waals surface area (Å²) in [5, 5.41) is 3.59. The molecule has 0 radical (unpaired) electrons. The molecule has 22 heavy (non-hydrogen) atoms. The van der Waals surface area contributed by atoms with E-state index in [9.17, 15) is 4.79 Å². The SMILES string of the molecule is COc1cc2c(c(OC)c1OC)[C@@](C)(CN=[N+]=[N-])C(=O)N2C. The summed E-state index contributed by atoms with van der Waals surface area (Å²) in [6, 6.07) is 1.72. The number of anilines is 1. The molecule has 1 aliphatic heterocycles. The molecule has 1 aliphatic rings. The molecular weight excluding hydrogens is 288 g/mol. The average Bonchev–Trinajstić information content (AvgIpc) is 2.73. The van der Waals surface area contributed by atoms with Crippen molar-refractivity contribution in [2.75, 3.05) is 39.8 Å². The number of nitrogens with zero attached hydrogens (tertiary/aromatic N) is 4. The van der Waals surface area contributed by atoms with Gasteiger partial charge in [0.15, 0.2) is 11.5 Å². The third kappa shape index (κ3) is 2.00. The van der Waals surface area contributed by atoms with Crippen LogP contribution < -0.4 is 19.1 Å². The molecule has 0 aliphatic carbocycles. The van der Waals surface area contributed by atoms with Crippen LogP contribution in [0.25, 0.3) is 10.4 Å². The van der Waals surface area contributed by atoms with Gasteiger partial charge in [-0.25, -0.2) is 0 Å². The fraction of sp³-hybridized carbons (Fsp3) is 0.500. The molecule has 0 spiro atoms. The Morgan fingerprint density at radius 2 is 1.91 bits per heavy atom. The summed E-state index contributed by atoms with van der Waals surface area (Å²) in [4.78, 5) is 16.9. The molecule has 0 bridgehead atoms. The maximum atomic E-state index is 12.7. The Morgan fingerprint density at radius 1 is 1.27 bits per heavy atom. The van der Waals surface area contributed by atoms with E-state index in [2.05, 4.69) is 10.0 Å². The Labute approximate surface area is 128 Å². The summed E-state index contributed by atoms with van der Waals surface area (Å²) in [6.45, 7) is 1.71. The van der Waals surface area contributed by atoms with Crippen LogP contribution >= 0.6 is 0 Å². The number of carbonyl (C=O) groups is 1. The zero-order valence-electron chi connectivity index (χ0n) is 13.2. The number of methoxy groups -OCH3 is 3. The van der Waals surface area contributed by atoms with Gasteiger partial charge in [0.1, 0.15) is 0 Å². The summed E-state index contributed by atoms with van der Waals surface area (Å²) < 4.78 is 16.2. The van der Waals surface area contributed by atoms with Crippen molar-refractivity contribution in [2.45, 2.75) is 12.3 Å². The second kappa shape index (κ2) is 5.65. The molecule has 0 unspecified atom stereocenters. The van der Waals surface area contributed by atoms with Gasteiger partial charge < -0.3 is 19.1 Å². The van der Waals surface area contributed by atoms with E-state index >= 15 is 0 Å². The highest BCUT2D eigenvalue weighted by molar-refractivity contribution is 6.09. The number of amides is 1. The van der Waals surface area contributed by atoms with Crippen molar-refractivity contribution in [3.8, 4) is 17.2 Å². The number of rotatable bonds is 5. The Morgan fingerprint density at radius 3 is 2.41 bits per heavy atom. The minimum Gasteiger partial charge on any atom is -0.493 e. The molecule has 8 heteroatoms. The van der Waals surface area contributed by atoms with Crippen LogP contribution in [-0.2, 0) is 10.2 Å². The van der Waals surface area contributed by atoms with Crippen molar-refractivity contribution in [1.82, 2.24) is 0 Å². The van der Waals surface area contributed by atoms with Crippen molar-refractivity contribution >= 4 is 11.6 Å². The molecule has 1 amide bonds. The smallest absolute Gasteiger partial charge is 0.237 e. The predicted molar refractivity (Wildman–Crippen MR) is 80.9 cm³/mol. The summed E-state index contributed by atoms with van der Waals surface area (Å²) in [5.74, 6) is 1.10. The lowest BCUT2D eigenvalue weighted by atomic mass is 9.83. The van der Waals surface area contributed by atoms with Crippen LogP contribution in [-0.4, -0.2) is 40.8 Å². The second-order valence-electron chi connectivity index (χ2n) is 5.12. The lowest BCUT2D eigenvalue weighted by Gasteiger charge is -2.23. The van der Waals surface area contributed by atoms with Gasteiger partial charge in [0, 0.05) is 30.1 Å². The van der Waals surface area contributed by atoms with Crippen LogP contribution in [0.5, 0.6) is 17.2 Å². The second-order valence-corrected chi connectivity index (χ2v) is 5.12. The first-order valence-corrected chi connectivity index (χ1v) is 6.58. The topological polar surface area (TPSA) is 96.8 Å². The normalized spacial score (nSPS) is 19.5. The molecule has 0 fully saturated rings. The van der Waals surface area contributed by atoms with Crippen molar-refractivity contribution in [2.24, 2.45) is 5.11 Å². The van der Waals surface area contributed by atoms with Gasteiger partial charge in [-0.1, -0.05) is 5.11 Å². The highest BCUT2D eigenvalue weighted by Gasteiger charge is 2.49. The number of fused-ring (bicyclic) bond motifs is 1. The molecule has 0 aromatic heterocycles. The van der Waals surface area contributed by atoms with E-state index < -0.39 is 5.41 Å². The average molecular weight is 306 g/mol. The van der Waals surface area contributed by atoms with Gasteiger partial charge in [0.25, 0.3) is 0 Å². The van der Waals surface area contributed by atoms with Crippen LogP contribution in [0.2, 0.25) is 0 Å². The highest BCUT2D eigenvalue weighted by Crippen LogP contribution is 2.53. The number of benzene rings is 1. The van der Waals surface area contributed by atoms with Gasteiger partial charge in [0.2, 0.25) is 11.7 Å². The van der Waals surface area contributed by atoms with Gasteiger partial charge >= 0.3 is 0 Å². The van der Waals surface area contributed by atoms with Crippen LogP contribution in [0.15, 0.2) is 11.2 Å². The third-order valence-corrected chi connectivity index (χ3v) is 3.95. The molecule has 1 aromatic rings. The number of carbonyl (C=O) groups excluding carboxylic acids is 1. The standard InChI is InChI=1S/C14H18N4O4/c1-14(7-16-17-15)10-8(18(2)13(14)19)6-9(20-3)11(21-4)12(10)22-5/h6H,7H2,1-5H3/t14-/m1/s1. The largest absolute Gasteiger partial charge is 0.493 e. The molecule has 0 N–H and O–H groups in total. The molecule has 0 saturated carbocycles. The molecule has 118 valence electrons. The zero-order chi connectivity index (χ0) is 16.5. The minimum atomic E-state index is -1.01. The maximum Gasteiger partial charge on any atom is 0.237 e. The van der Waals surface area contributed by atoms with Crippen molar-refractivity contribution in [1.29, 1.82) is 0 Å². The van der Waals surface area contributed by atoms with E-state index in [-0.39, 0.29) is 12.5 Å². The van der Waals surface area contributed by atoms with E-state index in [0.717, 1.165) is 0 Å². The number of azide groups is 1. The van der Waals surface area contributed by atoms with Crippen LogP contribution in [0.1, 0.15) is 12.5 Å². The van der Waals surface area contributed by atoms with E-state index in [1.165, 1.54) is 26.2 Å². The molecule has 2 rings (SSSR count). The number of hydrogen-bond donors (Lipinski definition) is 0. The van der Waals surface area contributed by atoms with E-state index in [0.29, 0.717) is 28.5 Å². The van der Waals surface area contributed by atoms with E-state index in [1.54, 1.807) is 20.0 Å². The van der Waals surface area contributed by atoms with Crippen LogP contribution in [0.4, 0.5) is 5.69 Å². The van der Waals surface area contributed by atoms with Gasteiger partial charge in [-0.3, -0.25) is 4.79 Å². The molecule has 8 nitrogen and oxygen atoms in total. The Hall–Kier alpha value is -2.60. The highest BCUT2D eigenvalue weighted by atomic mass is 16.5. The molecule has 1 aromatic carbocycles. The Balaban J connectivity index is 2.81. The maximum absolute atomic E-state index is 12.7. The fourth-order valence-electron chi connectivity index (χ4n) is 2.85. The lowest BCUT2D eigenvalue weighted by Crippen LogP contribution is -2.38. The van der Waals surface area contributed by atoms with Crippen molar-refractivity contribution < 1.29 is 19.0 Å². The van der Waals surface area contributed by atoms with E-state index in [1.807, 2.05) is 0 Å². The van der Waals surface area contributed by atoms with Gasteiger partial charge in [-0.05, 0) is 12.5 Å². The van der Waals surface area contributed by atoms with Crippen LogP contribution in [0.3, 0.4) is 0 Å². The number of likely N-dealkylation sites (N-methyl/N-ethyl adjacent to an activating group) is 1. The van der Waals surface area contributed by atoms with Gasteiger partial charge in [-0.15, -0.1) is 0 Å². The first-order valence-electron chi connectivity index (χ1n) is 6.58. The zero-order valence-corrected chi connectivity index (χ0v) is 13.2. The summed E-state index contributed by atoms with van der Waals surface area (Å²) >= 11 is 0. The van der Waals surface area contributed by atoms with Gasteiger partial charge in [-0.2, -0.15) is 0 Å². The Bertz CT molecular complexity index is 669. The lowest BCUT2D eigenvalue weighted by molar-refractivity contribution is -0.122. The van der Waals surface area contributed by atoms with Crippen LogP contribution in [0, 0.1) is 0 Å². The minimum absolute atomic E-state index is 0.00842. The predicted octanol–water partition coefficient (Wildman–Crippen LogP) is 2.26. The summed E-state index contributed by atoms with van der Waals surface area (Å²) in [5.41, 5.74) is 8.88. The monoisotopic (exact) mass is 306 g/mol. The molecule has 1 heterocycles. The third-order valence-electron chi connectivity index (χ3n) is 3.95. The molecular formula is C14H18N4O4. The summed E-state index contributed by atoms with van der Waals surface area (Å²) in [7, 11) is 6.17. The van der Waals surface area contributed by atoms with E-state index in [4.69, 9.17) is 19.7 Å².